The van der Waals surface area contributed by atoms with Crippen LogP contribution in [-0.2, 0) is 14.3 Å². The van der Waals surface area contributed by atoms with E-state index < -0.39 is 28.7 Å². The lowest BCUT2D eigenvalue weighted by molar-refractivity contribution is -0.206. The number of Topliss-reactive ketones (excluding diaryl/α,β-unsaturated/α-hetero) is 1. The molecule has 0 saturated heterocycles. The van der Waals surface area contributed by atoms with Gasteiger partial charge in [0.1, 0.15) is 23.2 Å². The molecular weight excluding hydrogens is 462 g/mol. The number of carbonyl (C=O) groups excluding carboxylic acids is 2. The summed E-state index contributed by atoms with van der Waals surface area (Å²) >= 11 is 0. The van der Waals surface area contributed by atoms with E-state index in [-0.39, 0.29) is 59.1 Å². The monoisotopic (exact) mass is 493 g/mol. The molecule has 8 nitrogen and oxygen atoms in total. The van der Waals surface area contributed by atoms with E-state index in [4.69, 9.17) is 13.9 Å². The first-order chi connectivity index (χ1) is 17.1. The molecule has 190 valence electrons. The molecule has 2 aromatic heterocycles. The summed E-state index contributed by atoms with van der Waals surface area (Å²) in [6.45, 7) is 5.84. The van der Waals surface area contributed by atoms with Crippen LogP contribution in [0.5, 0.6) is 5.75 Å². The van der Waals surface area contributed by atoms with Crippen LogP contribution < -0.4 is 10.4 Å². The van der Waals surface area contributed by atoms with Crippen LogP contribution >= 0.6 is 0 Å². The number of aliphatic hydroxyl groups is 1. The predicted octanol–water partition coefficient (Wildman–Crippen LogP) is 3.85. The van der Waals surface area contributed by atoms with E-state index in [1.54, 1.807) is 37.5 Å². The van der Waals surface area contributed by atoms with Crippen molar-refractivity contribution in [2.24, 2.45) is 29.1 Å². The van der Waals surface area contributed by atoms with Gasteiger partial charge in [0.25, 0.3) is 0 Å². The molecule has 7 atom stereocenters. The largest absolute Gasteiger partial charge is 0.479 e. The standard InChI is InChI=1S/C28H31NO7/c1-14-17-11-21(30)28(3)24(27(17,2)9-8-18(14)34-25(32)15-6-7-15)23(31)22-20(36-28)12-19(35-26(22)33)16-5-4-10-29-13-16/h4-5,10,12-15,17-18,23-24,31H,6-9,11H2,1-3H3/t14-,17?,18+,23+,24?,27+,28-/m1/s1. The third-order valence-electron chi connectivity index (χ3n) is 9.31. The molecule has 0 aromatic carbocycles. The molecule has 0 amide bonds. The fraction of sp³-hybridized carbons (Fsp3) is 0.571. The van der Waals surface area contributed by atoms with Crippen LogP contribution in [0.1, 0.15) is 64.5 Å². The van der Waals surface area contributed by atoms with Crippen molar-refractivity contribution >= 4 is 11.8 Å². The first-order valence-corrected chi connectivity index (χ1v) is 12.8. The number of aromatic nitrogens is 1. The Hall–Kier alpha value is -3.00. The predicted molar refractivity (Wildman–Crippen MR) is 128 cm³/mol. The summed E-state index contributed by atoms with van der Waals surface area (Å²) in [5.74, 6) is -0.613. The first kappa shape index (κ1) is 23.4. The van der Waals surface area contributed by atoms with Gasteiger partial charge in [-0.2, -0.15) is 0 Å². The molecule has 36 heavy (non-hydrogen) atoms. The molecule has 3 heterocycles. The number of pyridine rings is 1. The van der Waals surface area contributed by atoms with E-state index in [0.717, 1.165) is 12.8 Å². The molecule has 2 unspecified atom stereocenters. The first-order valence-electron chi connectivity index (χ1n) is 12.8. The van der Waals surface area contributed by atoms with Crippen LogP contribution in [0.15, 0.2) is 39.8 Å². The number of ether oxygens (including phenoxy) is 2. The van der Waals surface area contributed by atoms with E-state index in [9.17, 15) is 19.5 Å². The van der Waals surface area contributed by atoms with E-state index in [0.29, 0.717) is 18.4 Å². The minimum absolute atomic E-state index is 0.0163. The molecule has 3 aliphatic carbocycles. The molecule has 1 N–H and O–H groups in total. The highest BCUT2D eigenvalue weighted by atomic mass is 16.5. The topological polar surface area (TPSA) is 116 Å². The third kappa shape index (κ3) is 3.37. The summed E-state index contributed by atoms with van der Waals surface area (Å²) in [6.07, 6.45) is 5.02. The highest BCUT2D eigenvalue weighted by Gasteiger charge is 2.67. The van der Waals surface area contributed by atoms with Gasteiger partial charge in [-0.25, -0.2) is 4.79 Å². The number of nitrogens with zero attached hydrogens (tertiary/aromatic N) is 1. The fourth-order valence-corrected chi connectivity index (χ4v) is 7.16. The molecular formula is C28H31NO7. The lowest BCUT2D eigenvalue weighted by Gasteiger charge is -2.61. The second-order valence-corrected chi connectivity index (χ2v) is 11.4. The van der Waals surface area contributed by atoms with E-state index in [1.807, 2.05) is 6.92 Å². The fourth-order valence-electron chi connectivity index (χ4n) is 7.16. The Bertz CT molecular complexity index is 1280. The molecule has 3 fully saturated rings. The van der Waals surface area contributed by atoms with Crippen LogP contribution in [-0.4, -0.2) is 33.5 Å². The minimum Gasteiger partial charge on any atom is -0.479 e. The Morgan fingerprint density at radius 2 is 2.00 bits per heavy atom. The van der Waals surface area contributed by atoms with E-state index >= 15 is 0 Å². The summed E-state index contributed by atoms with van der Waals surface area (Å²) in [4.78, 5) is 43.2. The molecule has 3 saturated carbocycles. The minimum atomic E-state index is -1.30. The molecule has 8 heteroatoms. The highest BCUT2D eigenvalue weighted by Crippen LogP contribution is 2.63. The van der Waals surface area contributed by atoms with Crippen molar-refractivity contribution in [3.8, 4) is 17.1 Å². The maximum absolute atomic E-state index is 13.7. The summed E-state index contributed by atoms with van der Waals surface area (Å²) in [7, 11) is 0. The number of fused-ring (bicyclic) bond motifs is 4. The quantitative estimate of drug-likeness (QED) is 0.641. The molecule has 4 aliphatic rings. The molecule has 1 aliphatic heterocycles. The zero-order valence-corrected chi connectivity index (χ0v) is 20.7. The van der Waals surface area contributed by atoms with Crippen molar-refractivity contribution in [1.29, 1.82) is 0 Å². The van der Waals surface area contributed by atoms with Gasteiger partial charge in [0, 0.05) is 36.4 Å². The van der Waals surface area contributed by atoms with Gasteiger partial charge in [-0.05, 0) is 62.0 Å². The maximum Gasteiger partial charge on any atom is 0.345 e. The van der Waals surface area contributed by atoms with Crippen LogP contribution in [0.4, 0.5) is 0 Å². The van der Waals surface area contributed by atoms with E-state index in [2.05, 4.69) is 11.9 Å². The average Bonchev–Trinajstić information content (AvgIpc) is 3.68. The Labute approximate surface area is 209 Å². The SMILES string of the molecule is C[C@@H]1C2CC(=O)[C@@]3(C)Oc4cc(-c5cccnc5)oc(=O)c4[C@H](O)C3[C@@]2(C)CC[C@@H]1OC(=O)C1CC1. The second kappa shape index (κ2) is 8.00. The van der Waals surface area contributed by atoms with Gasteiger partial charge in [0.15, 0.2) is 11.4 Å². The van der Waals surface area contributed by atoms with Crippen molar-refractivity contribution in [3.05, 3.63) is 46.6 Å². The summed E-state index contributed by atoms with van der Waals surface area (Å²) < 4.78 is 17.8. The number of aliphatic hydroxyl groups excluding tert-OH is 1. The molecule has 2 aromatic rings. The Kier molecular flexibility index (Phi) is 5.20. The number of hydrogen-bond acceptors (Lipinski definition) is 8. The zero-order chi connectivity index (χ0) is 25.4. The van der Waals surface area contributed by atoms with Gasteiger partial charge >= 0.3 is 11.6 Å². The summed E-state index contributed by atoms with van der Waals surface area (Å²) in [5, 5.41) is 11.7. The lowest BCUT2D eigenvalue weighted by Crippen LogP contribution is -2.67. The van der Waals surface area contributed by atoms with Crippen LogP contribution in [0.2, 0.25) is 0 Å². The van der Waals surface area contributed by atoms with Crippen molar-refractivity contribution in [3.63, 3.8) is 0 Å². The zero-order valence-electron chi connectivity index (χ0n) is 20.7. The average molecular weight is 494 g/mol. The van der Waals surface area contributed by atoms with Crippen LogP contribution in [0.3, 0.4) is 0 Å². The number of ketones is 1. The Morgan fingerprint density at radius 1 is 1.22 bits per heavy atom. The van der Waals surface area contributed by atoms with Gasteiger partial charge in [-0.1, -0.05) is 13.8 Å². The van der Waals surface area contributed by atoms with Gasteiger partial charge in [0.05, 0.1) is 12.0 Å². The van der Waals surface area contributed by atoms with Crippen LogP contribution in [0.25, 0.3) is 11.3 Å². The number of hydrogen-bond donors (Lipinski definition) is 1. The maximum atomic E-state index is 13.7. The van der Waals surface area contributed by atoms with Crippen molar-refractivity contribution in [2.45, 2.75) is 70.7 Å². The van der Waals surface area contributed by atoms with Crippen LogP contribution in [0, 0.1) is 29.1 Å². The Balaban J connectivity index is 1.37. The van der Waals surface area contributed by atoms with E-state index in [1.165, 1.54) is 0 Å². The van der Waals surface area contributed by atoms with Gasteiger partial charge < -0.3 is 19.0 Å². The number of rotatable bonds is 3. The smallest absolute Gasteiger partial charge is 0.345 e. The van der Waals surface area contributed by atoms with Crippen molar-refractivity contribution < 1.29 is 28.6 Å². The number of carbonyl (C=O) groups is 2. The Morgan fingerprint density at radius 3 is 2.69 bits per heavy atom. The molecule has 6 rings (SSSR count). The number of esters is 1. The molecule has 0 spiro atoms. The van der Waals surface area contributed by atoms with Gasteiger partial charge in [0.2, 0.25) is 0 Å². The summed E-state index contributed by atoms with van der Waals surface area (Å²) in [6, 6.07) is 5.05. The third-order valence-corrected chi connectivity index (χ3v) is 9.31. The molecule has 0 bridgehead atoms. The van der Waals surface area contributed by atoms with Crippen molar-refractivity contribution in [2.75, 3.05) is 0 Å². The normalized spacial score (nSPS) is 37.2. The highest BCUT2D eigenvalue weighted by molar-refractivity contribution is 5.90. The second-order valence-electron chi connectivity index (χ2n) is 11.4. The van der Waals surface area contributed by atoms with Gasteiger partial charge in [-0.15, -0.1) is 0 Å². The summed E-state index contributed by atoms with van der Waals surface area (Å²) in [5.41, 5.74) is -1.84. The molecule has 0 radical (unpaired) electrons. The lowest BCUT2D eigenvalue weighted by atomic mass is 9.46. The van der Waals surface area contributed by atoms with Crippen molar-refractivity contribution in [1.82, 2.24) is 4.98 Å². The van der Waals surface area contributed by atoms with Gasteiger partial charge in [-0.3, -0.25) is 14.6 Å².